The van der Waals surface area contributed by atoms with E-state index in [-0.39, 0.29) is 0 Å². The molecule has 0 atom stereocenters. The molecule has 4 aromatic rings. The Morgan fingerprint density at radius 3 is 2.24 bits per heavy atom. The lowest BCUT2D eigenvalue weighted by Crippen LogP contribution is -2.28. The first-order valence-corrected chi connectivity index (χ1v) is 11.4. The van der Waals surface area contributed by atoms with Gasteiger partial charge in [-0.2, -0.15) is 5.10 Å². The van der Waals surface area contributed by atoms with Crippen LogP contribution in [0.1, 0.15) is 0 Å². The third kappa shape index (κ3) is 4.75. The van der Waals surface area contributed by atoms with E-state index in [1.807, 2.05) is 50.4 Å². The van der Waals surface area contributed by atoms with Crippen LogP contribution in [-0.2, 0) is 7.05 Å². The van der Waals surface area contributed by atoms with Crippen molar-refractivity contribution >= 4 is 45.6 Å². The van der Waals surface area contributed by atoms with Crippen LogP contribution in [0.5, 0.6) is 11.5 Å². The number of anilines is 2. The van der Waals surface area contributed by atoms with Crippen molar-refractivity contribution in [2.75, 3.05) is 46.3 Å². The first kappa shape index (κ1) is 24.1. The molecule has 0 aliphatic heterocycles. The third-order valence-electron chi connectivity index (χ3n) is 5.43. The van der Waals surface area contributed by atoms with Gasteiger partial charge in [0, 0.05) is 43.7 Å². The van der Waals surface area contributed by atoms with E-state index in [1.165, 1.54) is 0 Å². The summed E-state index contributed by atoms with van der Waals surface area (Å²) in [6.07, 6.45) is 5.43. The largest absolute Gasteiger partial charge is 0.495 e. The topological polar surface area (TPSA) is 68.5 Å². The molecule has 4 rings (SSSR count). The van der Waals surface area contributed by atoms with Crippen LogP contribution < -0.4 is 14.4 Å². The maximum Gasteiger partial charge on any atom is 0.143 e. The fourth-order valence-electron chi connectivity index (χ4n) is 3.64. The molecule has 34 heavy (non-hydrogen) atoms. The van der Waals surface area contributed by atoms with Crippen LogP contribution in [0.4, 0.5) is 11.4 Å². The molecule has 0 radical (unpaired) electrons. The van der Waals surface area contributed by atoms with E-state index < -0.39 is 0 Å². The molecular formula is C24H26Cl2N6O2. The van der Waals surface area contributed by atoms with Gasteiger partial charge in [0.25, 0.3) is 0 Å². The minimum Gasteiger partial charge on any atom is -0.495 e. The molecule has 2 aromatic heterocycles. The summed E-state index contributed by atoms with van der Waals surface area (Å²) in [6, 6.07) is 7.59. The fraction of sp³-hybridized carbons (Fsp3) is 0.292. The standard InChI is InChI=1S/C24H26Cl2N6O2/c1-30(2)8-9-32(24-22(25)20(33-4)11-21(34-5)23(24)26)16-6-7-17-18(10-16)29-19(13-27-17)15-12-28-31(3)14-15/h6-7,10-14H,8-9H2,1-5H3. The van der Waals surface area contributed by atoms with E-state index in [2.05, 4.69) is 15.0 Å². The summed E-state index contributed by atoms with van der Waals surface area (Å²) in [5.74, 6) is 0.958. The number of benzene rings is 2. The van der Waals surface area contributed by atoms with Crippen molar-refractivity contribution in [3.8, 4) is 22.8 Å². The Morgan fingerprint density at radius 1 is 0.941 bits per heavy atom. The number of aromatic nitrogens is 4. The highest BCUT2D eigenvalue weighted by atomic mass is 35.5. The quantitative estimate of drug-likeness (QED) is 0.335. The molecule has 2 aromatic carbocycles. The Bertz CT molecular complexity index is 1300. The number of aryl methyl sites for hydroxylation is 1. The lowest BCUT2D eigenvalue weighted by molar-refractivity contribution is 0.394. The number of hydrogen-bond acceptors (Lipinski definition) is 7. The molecule has 0 amide bonds. The molecule has 0 aliphatic rings. The smallest absolute Gasteiger partial charge is 0.143 e. The molecular weight excluding hydrogens is 475 g/mol. The summed E-state index contributed by atoms with van der Waals surface area (Å²) in [7, 11) is 9.02. The van der Waals surface area contributed by atoms with Gasteiger partial charge in [-0.3, -0.25) is 9.67 Å². The number of nitrogens with zero attached hydrogens (tertiary/aromatic N) is 6. The molecule has 8 nitrogen and oxygen atoms in total. The summed E-state index contributed by atoms with van der Waals surface area (Å²) < 4.78 is 12.7. The zero-order chi connectivity index (χ0) is 24.4. The molecule has 178 valence electrons. The van der Waals surface area contributed by atoms with Gasteiger partial charge in [-0.15, -0.1) is 0 Å². The number of hydrogen-bond donors (Lipinski definition) is 0. The van der Waals surface area contributed by atoms with Gasteiger partial charge in [0.2, 0.25) is 0 Å². The average molecular weight is 501 g/mol. The number of likely N-dealkylation sites (N-methyl/N-ethyl adjacent to an activating group) is 1. The van der Waals surface area contributed by atoms with Crippen molar-refractivity contribution in [1.29, 1.82) is 0 Å². The summed E-state index contributed by atoms with van der Waals surface area (Å²) in [5.41, 5.74) is 4.65. The van der Waals surface area contributed by atoms with Crippen LogP contribution in [0.2, 0.25) is 10.0 Å². The molecule has 0 N–H and O–H groups in total. The maximum atomic E-state index is 6.77. The van der Waals surface area contributed by atoms with Gasteiger partial charge in [-0.25, -0.2) is 4.98 Å². The van der Waals surface area contributed by atoms with Crippen LogP contribution in [0.15, 0.2) is 42.9 Å². The van der Waals surface area contributed by atoms with Crippen LogP contribution in [-0.4, -0.2) is 66.1 Å². The second-order valence-electron chi connectivity index (χ2n) is 8.04. The second kappa shape index (κ2) is 10.0. The van der Waals surface area contributed by atoms with E-state index in [0.717, 1.165) is 34.5 Å². The van der Waals surface area contributed by atoms with Crippen molar-refractivity contribution in [3.05, 3.63) is 52.9 Å². The van der Waals surface area contributed by atoms with Crippen molar-refractivity contribution in [2.45, 2.75) is 0 Å². The fourth-order valence-corrected chi connectivity index (χ4v) is 4.34. The first-order chi connectivity index (χ1) is 16.3. The van der Waals surface area contributed by atoms with E-state index in [0.29, 0.717) is 33.8 Å². The Morgan fingerprint density at radius 2 is 1.65 bits per heavy atom. The highest BCUT2D eigenvalue weighted by molar-refractivity contribution is 6.41. The lowest BCUT2D eigenvalue weighted by atomic mass is 10.2. The van der Waals surface area contributed by atoms with Gasteiger partial charge in [0.05, 0.1) is 49.0 Å². The van der Waals surface area contributed by atoms with Crippen molar-refractivity contribution in [2.24, 2.45) is 7.05 Å². The minimum atomic E-state index is 0.405. The molecule has 10 heteroatoms. The number of methoxy groups -OCH3 is 2. The van der Waals surface area contributed by atoms with Crippen molar-refractivity contribution < 1.29 is 9.47 Å². The monoisotopic (exact) mass is 500 g/mol. The average Bonchev–Trinajstić information content (AvgIpc) is 3.26. The van der Waals surface area contributed by atoms with Gasteiger partial charge >= 0.3 is 0 Å². The number of ether oxygens (including phenoxy) is 2. The zero-order valence-electron chi connectivity index (χ0n) is 19.7. The maximum absolute atomic E-state index is 6.77. The van der Waals surface area contributed by atoms with Gasteiger partial charge in [-0.1, -0.05) is 23.2 Å². The number of fused-ring (bicyclic) bond motifs is 1. The normalized spacial score (nSPS) is 11.3. The Labute approximate surface area is 208 Å². The number of halogens is 2. The van der Waals surface area contributed by atoms with Crippen molar-refractivity contribution in [3.63, 3.8) is 0 Å². The predicted octanol–water partition coefficient (Wildman–Crippen LogP) is 5.05. The van der Waals surface area contributed by atoms with Crippen LogP contribution in [0, 0.1) is 0 Å². The van der Waals surface area contributed by atoms with E-state index >= 15 is 0 Å². The predicted molar refractivity (Wildman–Crippen MR) is 137 cm³/mol. The summed E-state index contributed by atoms with van der Waals surface area (Å²) >= 11 is 13.5. The molecule has 0 fully saturated rings. The SMILES string of the molecule is COc1cc(OC)c(Cl)c(N(CCN(C)C)c2ccc3ncc(-c4cnn(C)c4)nc3c2)c1Cl. The molecule has 0 saturated heterocycles. The van der Waals surface area contributed by atoms with Gasteiger partial charge in [-0.05, 0) is 32.3 Å². The Balaban J connectivity index is 1.87. The summed E-state index contributed by atoms with van der Waals surface area (Å²) in [4.78, 5) is 13.6. The molecule has 0 spiro atoms. The molecule has 0 bridgehead atoms. The van der Waals surface area contributed by atoms with Gasteiger partial charge in [0.1, 0.15) is 21.5 Å². The molecule has 0 unspecified atom stereocenters. The highest BCUT2D eigenvalue weighted by Crippen LogP contribution is 2.48. The first-order valence-electron chi connectivity index (χ1n) is 10.6. The van der Waals surface area contributed by atoms with Crippen molar-refractivity contribution in [1.82, 2.24) is 24.6 Å². The van der Waals surface area contributed by atoms with Gasteiger partial charge in [0.15, 0.2) is 0 Å². The third-order valence-corrected chi connectivity index (χ3v) is 6.16. The lowest BCUT2D eigenvalue weighted by Gasteiger charge is -2.29. The number of rotatable bonds is 8. The Hall–Kier alpha value is -3.07. The van der Waals surface area contributed by atoms with Crippen LogP contribution in [0.25, 0.3) is 22.3 Å². The van der Waals surface area contributed by atoms with Crippen LogP contribution in [0.3, 0.4) is 0 Å². The Kier molecular flexibility index (Phi) is 7.11. The highest BCUT2D eigenvalue weighted by Gasteiger charge is 2.24. The molecule has 2 heterocycles. The summed E-state index contributed by atoms with van der Waals surface area (Å²) in [6.45, 7) is 1.37. The van der Waals surface area contributed by atoms with E-state index in [4.69, 9.17) is 37.7 Å². The van der Waals surface area contributed by atoms with E-state index in [1.54, 1.807) is 37.4 Å². The van der Waals surface area contributed by atoms with Gasteiger partial charge < -0.3 is 19.3 Å². The summed E-state index contributed by atoms with van der Waals surface area (Å²) in [5, 5.41) is 5.04. The van der Waals surface area contributed by atoms with Crippen LogP contribution >= 0.6 is 23.2 Å². The second-order valence-corrected chi connectivity index (χ2v) is 8.80. The molecule has 0 aliphatic carbocycles. The molecule has 0 saturated carbocycles. The minimum absolute atomic E-state index is 0.405. The van der Waals surface area contributed by atoms with E-state index in [9.17, 15) is 0 Å². The zero-order valence-corrected chi connectivity index (χ0v) is 21.2.